The molecule has 0 aliphatic carbocycles. The zero-order valence-electron chi connectivity index (χ0n) is 16.3. The lowest BCUT2D eigenvalue weighted by Crippen LogP contribution is -2.17. The zero-order chi connectivity index (χ0) is 23.0. The maximum atomic E-state index is 12.1. The van der Waals surface area contributed by atoms with Crippen molar-refractivity contribution in [3.05, 3.63) is 68.7 Å². The molecule has 0 bridgehead atoms. The summed E-state index contributed by atoms with van der Waals surface area (Å²) >= 11 is 5.68. The van der Waals surface area contributed by atoms with E-state index in [4.69, 9.17) is 16.3 Å². The van der Waals surface area contributed by atoms with E-state index in [1.54, 1.807) is 0 Å². The first-order chi connectivity index (χ1) is 14.7. The van der Waals surface area contributed by atoms with Crippen molar-refractivity contribution in [1.82, 2.24) is 0 Å². The number of nitro benzene ring substituents is 1. The van der Waals surface area contributed by atoms with Gasteiger partial charge < -0.3 is 14.8 Å². The Morgan fingerprint density at radius 1 is 1.03 bits per heavy atom. The van der Waals surface area contributed by atoms with E-state index in [-0.39, 0.29) is 23.4 Å². The molecule has 2 aromatic rings. The first-order valence-corrected chi connectivity index (χ1v) is 9.20. The van der Waals surface area contributed by atoms with E-state index in [2.05, 4.69) is 10.1 Å². The van der Waals surface area contributed by atoms with Crippen LogP contribution in [-0.4, -0.2) is 42.3 Å². The summed E-state index contributed by atoms with van der Waals surface area (Å²) < 4.78 is 9.40. The Kier molecular flexibility index (Phi) is 8.21. The van der Waals surface area contributed by atoms with Gasteiger partial charge in [-0.2, -0.15) is 0 Å². The highest BCUT2D eigenvalue weighted by Gasteiger charge is 2.18. The van der Waals surface area contributed by atoms with Crippen LogP contribution in [0.5, 0.6) is 0 Å². The number of rotatable bonds is 9. The van der Waals surface area contributed by atoms with Gasteiger partial charge in [-0.15, -0.1) is 0 Å². The van der Waals surface area contributed by atoms with Crippen LogP contribution < -0.4 is 5.32 Å². The van der Waals surface area contributed by atoms with Crippen LogP contribution in [0.15, 0.2) is 42.5 Å². The lowest BCUT2D eigenvalue weighted by molar-refractivity contribution is -0.384. The molecular formula is C20H17ClN2O8. The molecular weight excluding hydrogens is 432 g/mol. The van der Waals surface area contributed by atoms with Gasteiger partial charge in [-0.3, -0.25) is 24.5 Å². The smallest absolute Gasteiger partial charge is 0.337 e. The van der Waals surface area contributed by atoms with E-state index in [9.17, 15) is 29.3 Å². The first kappa shape index (κ1) is 23.5. The number of benzene rings is 2. The fourth-order valence-electron chi connectivity index (χ4n) is 2.37. The molecule has 0 saturated heterocycles. The van der Waals surface area contributed by atoms with E-state index in [0.717, 1.165) is 6.07 Å². The zero-order valence-corrected chi connectivity index (χ0v) is 17.0. The Balaban J connectivity index is 1.79. The van der Waals surface area contributed by atoms with Gasteiger partial charge in [0, 0.05) is 23.7 Å². The van der Waals surface area contributed by atoms with E-state index < -0.39 is 40.8 Å². The van der Waals surface area contributed by atoms with Gasteiger partial charge in [0.25, 0.3) is 5.69 Å². The van der Waals surface area contributed by atoms with Crippen molar-refractivity contribution in [2.45, 2.75) is 12.8 Å². The third-order valence-corrected chi connectivity index (χ3v) is 4.29. The molecule has 2 rings (SSSR count). The number of hydrogen-bond acceptors (Lipinski definition) is 8. The summed E-state index contributed by atoms with van der Waals surface area (Å²) in [5, 5.41) is 13.3. The average Bonchev–Trinajstić information content (AvgIpc) is 2.76. The summed E-state index contributed by atoms with van der Waals surface area (Å²) in [7, 11) is 1.25. The second-order valence-electron chi connectivity index (χ2n) is 6.12. The summed E-state index contributed by atoms with van der Waals surface area (Å²) in [5.74, 6) is -2.41. The van der Waals surface area contributed by atoms with Gasteiger partial charge >= 0.3 is 11.9 Å². The fraction of sp³-hybridized carbons (Fsp3) is 0.200. The van der Waals surface area contributed by atoms with Crippen molar-refractivity contribution in [1.29, 1.82) is 0 Å². The Hall–Kier alpha value is -3.79. The number of nitrogens with one attached hydrogen (secondary N) is 1. The minimum absolute atomic E-state index is 0.0305. The number of carbonyl (C=O) groups excluding carboxylic acids is 4. The number of ketones is 1. The molecule has 0 heterocycles. The largest absolute Gasteiger partial charge is 0.465 e. The number of Topliss-reactive ketones (excluding diaryl/α,β-unsaturated/α-hetero) is 1. The van der Waals surface area contributed by atoms with Gasteiger partial charge in [-0.25, -0.2) is 4.79 Å². The Morgan fingerprint density at radius 2 is 1.68 bits per heavy atom. The number of amides is 1. The van der Waals surface area contributed by atoms with Crippen molar-refractivity contribution < 1.29 is 33.6 Å². The van der Waals surface area contributed by atoms with E-state index in [1.807, 2.05) is 0 Å². The van der Waals surface area contributed by atoms with Crippen molar-refractivity contribution in [3.8, 4) is 0 Å². The predicted octanol–water partition coefficient (Wildman–Crippen LogP) is 3.18. The lowest BCUT2D eigenvalue weighted by atomic mass is 10.1. The van der Waals surface area contributed by atoms with Crippen LogP contribution in [0.1, 0.15) is 33.6 Å². The minimum Gasteiger partial charge on any atom is -0.465 e. The molecule has 0 spiro atoms. The van der Waals surface area contributed by atoms with Crippen LogP contribution in [0.25, 0.3) is 0 Å². The number of nitrogens with zero attached hydrogens (tertiary/aromatic N) is 1. The van der Waals surface area contributed by atoms with Crippen molar-refractivity contribution >= 4 is 46.6 Å². The van der Waals surface area contributed by atoms with Gasteiger partial charge in [0.15, 0.2) is 6.61 Å². The molecule has 0 aliphatic heterocycles. The monoisotopic (exact) mass is 448 g/mol. The standard InChI is InChI=1S/C20H17ClN2O8/c1-30-20(27)12-2-5-14(6-3-12)22-18(25)8-9-19(26)31-11-17(24)13-4-7-15(21)16(10-13)23(28)29/h2-7,10H,8-9,11H2,1H3,(H,22,25). The quantitative estimate of drug-likeness (QED) is 0.267. The highest BCUT2D eigenvalue weighted by Crippen LogP contribution is 2.25. The van der Waals surface area contributed by atoms with Crippen LogP contribution in [0.3, 0.4) is 0 Å². The van der Waals surface area contributed by atoms with Gasteiger partial charge in [-0.1, -0.05) is 11.6 Å². The van der Waals surface area contributed by atoms with Gasteiger partial charge in [0.2, 0.25) is 11.7 Å². The third-order valence-electron chi connectivity index (χ3n) is 3.97. The van der Waals surface area contributed by atoms with Crippen LogP contribution in [0, 0.1) is 10.1 Å². The summed E-state index contributed by atoms with van der Waals surface area (Å²) in [4.78, 5) is 57.3. The second kappa shape index (κ2) is 10.8. The molecule has 162 valence electrons. The van der Waals surface area contributed by atoms with Gasteiger partial charge in [-0.05, 0) is 36.4 Å². The maximum Gasteiger partial charge on any atom is 0.337 e. The number of hydrogen-bond donors (Lipinski definition) is 1. The number of esters is 2. The molecule has 0 aliphatic rings. The second-order valence-corrected chi connectivity index (χ2v) is 6.53. The highest BCUT2D eigenvalue weighted by molar-refractivity contribution is 6.32. The molecule has 0 radical (unpaired) electrons. The molecule has 0 saturated carbocycles. The summed E-state index contributed by atoms with van der Waals surface area (Å²) in [6, 6.07) is 9.45. The average molecular weight is 449 g/mol. The Bertz CT molecular complexity index is 1020. The SMILES string of the molecule is COC(=O)c1ccc(NC(=O)CCC(=O)OCC(=O)c2ccc(Cl)c([N+](=O)[O-])c2)cc1. The number of ether oxygens (including phenoxy) is 2. The molecule has 0 unspecified atom stereocenters. The fourth-order valence-corrected chi connectivity index (χ4v) is 2.56. The number of anilines is 1. The van der Waals surface area contributed by atoms with Crippen LogP contribution >= 0.6 is 11.6 Å². The van der Waals surface area contributed by atoms with Gasteiger partial charge in [0.1, 0.15) is 5.02 Å². The van der Waals surface area contributed by atoms with Crippen LogP contribution in [0.2, 0.25) is 5.02 Å². The van der Waals surface area contributed by atoms with Crippen molar-refractivity contribution in [3.63, 3.8) is 0 Å². The van der Waals surface area contributed by atoms with Crippen LogP contribution in [-0.2, 0) is 19.1 Å². The minimum atomic E-state index is -0.784. The molecule has 1 amide bonds. The summed E-state index contributed by atoms with van der Waals surface area (Å²) in [6.45, 7) is -0.631. The molecule has 2 aromatic carbocycles. The number of halogens is 1. The van der Waals surface area contributed by atoms with Gasteiger partial charge in [0.05, 0.1) is 24.0 Å². The first-order valence-electron chi connectivity index (χ1n) is 8.82. The normalized spacial score (nSPS) is 10.1. The summed E-state index contributed by atoms with van der Waals surface area (Å²) in [5.41, 5.74) is 0.275. The molecule has 11 heteroatoms. The third kappa shape index (κ3) is 6.89. The van der Waals surface area contributed by atoms with Crippen molar-refractivity contribution in [2.24, 2.45) is 0 Å². The molecule has 0 atom stereocenters. The maximum absolute atomic E-state index is 12.1. The highest BCUT2D eigenvalue weighted by atomic mass is 35.5. The molecule has 10 nitrogen and oxygen atoms in total. The topological polar surface area (TPSA) is 142 Å². The molecule has 0 aromatic heterocycles. The number of carbonyl (C=O) groups is 4. The Morgan fingerprint density at radius 3 is 2.29 bits per heavy atom. The predicted molar refractivity (Wildman–Crippen MR) is 109 cm³/mol. The molecule has 31 heavy (non-hydrogen) atoms. The summed E-state index contributed by atoms with van der Waals surface area (Å²) in [6.07, 6.45) is -0.474. The lowest BCUT2D eigenvalue weighted by Gasteiger charge is -2.07. The van der Waals surface area contributed by atoms with E-state index in [0.29, 0.717) is 11.3 Å². The van der Waals surface area contributed by atoms with Crippen LogP contribution in [0.4, 0.5) is 11.4 Å². The molecule has 1 N–H and O–H groups in total. The number of nitro groups is 1. The van der Waals surface area contributed by atoms with E-state index >= 15 is 0 Å². The Labute approximate surface area is 181 Å². The van der Waals surface area contributed by atoms with E-state index in [1.165, 1.54) is 43.5 Å². The molecule has 0 fully saturated rings. The number of methoxy groups -OCH3 is 1. The van der Waals surface area contributed by atoms with Crippen molar-refractivity contribution in [2.75, 3.05) is 19.0 Å².